The summed E-state index contributed by atoms with van der Waals surface area (Å²) in [4.78, 5) is 19.9. The molecule has 0 radical (unpaired) electrons. The number of H-pyrrole nitrogens is 1. The Kier molecular flexibility index (Phi) is 5.33. The summed E-state index contributed by atoms with van der Waals surface area (Å²) in [6, 6.07) is 2.07. The minimum absolute atomic E-state index is 0.0788. The minimum Gasteiger partial charge on any atom is -0.346 e. The van der Waals surface area contributed by atoms with E-state index in [0.717, 1.165) is 52.8 Å². The molecule has 132 valence electrons. The number of carbonyl (C=O) groups is 1. The van der Waals surface area contributed by atoms with Crippen LogP contribution in [0.2, 0.25) is 0 Å². The molecule has 1 aliphatic heterocycles. The second-order valence-electron chi connectivity index (χ2n) is 6.60. The zero-order valence-corrected chi connectivity index (χ0v) is 15.8. The highest BCUT2D eigenvalue weighted by Gasteiger charge is 2.15. The highest BCUT2D eigenvalue weighted by Crippen LogP contribution is 2.27. The van der Waals surface area contributed by atoms with Gasteiger partial charge in [0, 0.05) is 51.2 Å². The fourth-order valence-electron chi connectivity index (χ4n) is 3.31. The van der Waals surface area contributed by atoms with E-state index in [1.807, 2.05) is 13.1 Å². The average Bonchev–Trinajstić information content (AvgIpc) is 2.99. The van der Waals surface area contributed by atoms with Crippen LogP contribution in [0.25, 0.3) is 16.6 Å². The van der Waals surface area contributed by atoms with E-state index in [1.54, 1.807) is 13.1 Å². The van der Waals surface area contributed by atoms with Crippen molar-refractivity contribution in [3.05, 3.63) is 46.8 Å². The van der Waals surface area contributed by atoms with Crippen LogP contribution in [0.15, 0.2) is 35.7 Å². The summed E-state index contributed by atoms with van der Waals surface area (Å²) in [6.07, 6.45) is 8.46. The number of carbonyl (C=O) groups excluding carboxylic acids is 1. The van der Waals surface area contributed by atoms with Gasteiger partial charge in [-0.1, -0.05) is 24.1 Å². The highest BCUT2D eigenvalue weighted by atomic mass is 32.2. The maximum atomic E-state index is 12.1. The zero-order chi connectivity index (χ0) is 18.0. The van der Waals surface area contributed by atoms with Gasteiger partial charge in [-0.2, -0.15) is 0 Å². The van der Waals surface area contributed by atoms with Crippen LogP contribution in [0.4, 0.5) is 0 Å². The number of pyridine rings is 1. The van der Waals surface area contributed by atoms with Gasteiger partial charge in [0.25, 0.3) is 0 Å². The maximum absolute atomic E-state index is 12.1. The van der Waals surface area contributed by atoms with Crippen LogP contribution in [0, 0.1) is 0 Å². The molecule has 0 bridgehead atoms. The number of hydrogen-bond donors (Lipinski definition) is 1. The van der Waals surface area contributed by atoms with Crippen LogP contribution in [-0.4, -0.2) is 31.5 Å². The Morgan fingerprint density at radius 2 is 2.16 bits per heavy atom. The van der Waals surface area contributed by atoms with E-state index in [9.17, 15) is 9.00 Å². The lowest BCUT2D eigenvalue weighted by Gasteiger charge is -2.12. The molecule has 2 aromatic rings. The van der Waals surface area contributed by atoms with Crippen molar-refractivity contribution in [2.75, 3.05) is 11.5 Å². The largest absolute Gasteiger partial charge is 0.346 e. The first kappa shape index (κ1) is 17.8. The van der Waals surface area contributed by atoms with Crippen LogP contribution in [-0.2, 0) is 22.0 Å². The van der Waals surface area contributed by atoms with Crippen LogP contribution in [0.5, 0.6) is 0 Å². The van der Waals surface area contributed by atoms with Gasteiger partial charge in [-0.25, -0.2) is 4.98 Å². The first-order valence-corrected chi connectivity index (χ1v) is 10.2. The van der Waals surface area contributed by atoms with Crippen LogP contribution < -0.4 is 0 Å². The van der Waals surface area contributed by atoms with Crippen LogP contribution in [0.1, 0.15) is 44.7 Å². The van der Waals surface area contributed by atoms with Crippen molar-refractivity contribution in [2.24, 2.45) is 0 Å². The first-order valence-electron chi connectivity index (χ1n) is 8.69. The fourth-order valence-corrected chi connectivity index (χ4v) is 4.39. The summed E-state index contributed by atoms with van der Waals surface area (Å²) in [5.41, 5.74) is 6.10. The zero-order valence-electron chi connectivity index (χ0n) is 15.0. The number of rotatable bonds is 5. The van der Waals surface area contributed by atoms with Gasteiger partial charge in [0.15, 0.2) is 5.78 Å². The van der Waals surface area contributed by atoms with Crippen LogP contribution in [0.3, 0.4) is 0 Å². The van der Waals surface area contributed by atoms with Crippen LogP contribution >= 0.6 is 0 Å². The molecule has 5 heteroatoms. The summed E-state index contributed by atoms with van der Waals surface area (Å²) < 4.78 is 11.5. The van der Waals surface area contributed by atoms with Gasteiger partial charge in [0.05, 0.1) is 0 Å². The Hall–Kier alpha value is -2.01. The molecule has 4 nitrogen and oxygen atoms in total. The number of aromatic nitrogens is 2. The van der Waals surface area contributed by atoms with Gasteiger partial charge >= 0.3 is 0 Å². The maximum Gasteiger partial charge on any atom is 0.160 e. The van der Waals surface area contributed by atoms with Gasteiger partial charge in [-0.05, 0) is 44.7 Å². The third-order valence-corrected chi connectivity index (χ3v) is 6.04. The van der Waals surface area contributed by atoms with Gasteiger partial charge < -0.3 is 4.98 Å². The number of fused-ring (bicyclic) bond motifs is 1. The SMILES string of the molecule is CC/C(C)=C(\C(C)=O)c1cnc2[nH]cc(CC3=CCS(=O)CC3)c2c1. The molecule has 0 saturated carbocycles. The summed E-state index contributed by atoms with van der Waals surface area (Å²) in [5, 5.41) is 1.06. The highest BCUT2D eigenvalue weighted by molar-refractivity contribution is 7.85. The number of nitrogens with one attached hydrogen (secondary N) is 1. The Morgan fingerprint density at radius 1 is 1.36 bits per heavy atom. The minimum atomic E-state index is -0.698. The number of Topliss-reactive ketones (excluding diaryl/α,β-unsaturated/α-hetero) is 1. The quantitative estimate of drug-likeness (QED) is 0.651. The van der Waals surface area contributed by atoms with Crippen molar-refractivity contribution < 1.29 is 9.00 Å². The van der Waals surface area contributed by atoms with Crippen molar-refractivity contribution in [3.63, 3.8) is 0 Å². The Labute approximate surface area is 150 Å². The average molecular weight is 356 g/mol. The number of hydrogen-bond acceptors (Lipinski definition) is 3. The van der Waals surface area contributed by atoms with E-state index >= 15 is 0 Å². The van der Waals surface area contributed by atoms with E-state index in [4.69, 9.17) is 0 Å². The Balaban J connectivity index is 2.00. The molecular formula is C20H24N2O2S. The molecule has 3 heterocycles. The van der Waals surface area contributed by atoms with Gasteiger partial charge in [0.2, 0.25) is 0 Å². The van der Waals surface area contributed by atoms with E-state index in [2.05, 4.69) is 29.0 Å². The lowest BCUT2D eigenvalue weighted by atomic mass is 9.95. The van der Waals surface area contributed by atoms with Crippen molar-refractivity contribution in [1.29, 1.82) is 0 Å². The van der Waals surface area contributed by atoms with Crippen molar-refractivity contribution in [3.8, 4) is 0 Å². The van der Waals surface area contributed by atoms with E-state index in [-0.39, 0.29) is 5.78 Å². The number of nitrogens with zero attached hydrogens (tertiary/aromatic N) is 1. The second-order valence-corrected chi connectivity index (χ2v) is 8.22. The van der Waals surface area contributed by atoms with Crippen molar-refractivity contribution in [2.45, 2.75) is 40.0 Å². The van der Waals surface area contributed by atoms with Gasteiger partial charge in [-0.3, -0.25) is 9.00 Å². The lowest BCUT2D eigenvalue weighted by Crippen LogP contribution is -2.09. The topological polar surface area (TPSA) is 62.8 Å². The number of ketones is 1. The molecule has 1 atom stereocenters. The van der Waals surface area contributed by atoms with E-state index in [1.165, 1.54) is 11.1 Å². The van der Waals surface area contributed by atoms with E-state index < -0.39 is 10.8 Å². The molecule has 3 rings (SSSR count). The third-order valence-electron chi connectivity index (χ3n) is 4.84. The standard InChI is InChI=1S/C20H24N2O2S/c1-4-13(2)19(14(3)23)17-10-18-16(11-21-20(18)22-12-17)9-15-5-7-25(24)8-6-15/h5,10-12H,4,6-9H2,1-3H3,(H,21,22)/b19-13+. The Morgan fingerprint density at radius 3 is 2.80 bits per heavy atom. The normalized spacial score (nSPS) is 18.8. The van der Waals surface area contributed by atoms with Crippen molar-refractivity contribution in [1.82, 2.24) is 9.97 Å². The first-order chi connectivity index (χ1) is 12.0. The molecule has 0 spiro atoms. The monoisotopic (exact) mass is 356 g/mol. The molecule has 0 fully saturated rings. The molecule has 1 unspecified atom stereocenters. The Bertz CT molecular complexity index is 906. The third kappa shape index (κ3) is 3.82. The molecule has 0 aromatic carbocycles. The smallest absolute Gasteiger partial charge is 0.160 e. The summed E-state index contributed by atoms with van der Waals surface area (Å²) in [6.45, 7) is 5.68. The van der Waals surface area contributed by atoms with Crippen molar-refractivity contribution >= 4 is 33.2 Å². The molecule has 0 saturated heterocycles. The predicted molar refractivity (Wildman–Crippen MR) is 104 cm³/mol. The molecule has 1 N–H and O–H groups in total. The summed E-state index contributed by atoms with van der Waals surface area (Å²) in [7, 11) is -0.698. The van der Waals surface area contributed by atoms with Gasteiger partial charge in [0.1, 0.15) is 5.65 Å². The molecule has 1 aliphatic rings. The lowest BCUT2D eigenvalue weighted by molar-refractivity contribution is -0.111. The second kappa shape index (κ2) is 7.48. The molecule has 25 heavy (non-hydrogen) atoms. The molecular weight excluding hydrogens is 332 g/mol. The molecule has 0 amide bonds. The summed E-state index contributed by atoms with van der Waals surface area (Å²) in [5.74, 6) is 1.49. The number of aromatic amines is 1. The van der Waals surface area contributed by atoms with E-state index in [0.29, 0.717) is 5.75 Å². The number of allylic oxidation sites excluding steroid dienone is 3. The van der Waals surface area contributed by atoms with Gasteiger partial charge in [-0.15, -0.1) is 0 Å². The predicted octanol–water partition coefficient (Wildman–Crippen LogP) is 3.96. The fraction of sp³-hybridized carbons (Fsp3) is 0.400. The molecule has 0 aliphatic carbocycles. The molecule has 2 aromatic heterocycles. The summed E-state index contributed by atoms with van der Waals surface area (Å²) >= 11 is 0.